The summed E-state index contributed by atoms with van der Waals surface area (Å²) in [6, 6.07) is 0. The van der Waals surface area contributed by atoms with Gasteiger partial charge < -0.3 is 19.7 Å². The molecule has 6 heteroatoms. The van der Waals surface area contributed by atoms with Crippen LogP contribution in [0.15, 0.2) is 4.99 Å². The van der Waals surface area contributed by atoms with E-state index in [2.05, 4.69) is 22.1 Å². The Balaban J connectivity index is 0.00000289. The molecule has 108 valence electrons. The zero-order chi connectivity index (χ0) is 12.3. The van der Waals surface area contributed by atoms with E-state index in [1.54, 1.807) is 0 Å². The van der Waals surface area contributed by atoms with Gasteiger partial charge in [0.05, 0.1) is 13.2 Å². The van der Waals surface area contributed by atoms with Crippen molar-refractivity contribution in [1.29, 1.82) is 0 Å². The molecule has 5 nitrogen and oxygen atoms in total. The van der Waals surface area contributed by atoms with Gasteiger partial charge in [-0.25, -0.2) is 0 Å². The second-order valence-electron chi connectivity index (χ2n) is 3.89. The maximum atomic E-state index is 5.34. The lowest BCUT2D eigenvalue weighted by molar-refractivity contribution is 0.0664. The summed E-state index contributed by atoms with van der Waals surface area (Å²) in [7, 11) is 0. The number of guanidine groups is 1. The van der Waals surface area contributed by atoms with Crippen LogP contribution < -0.4 is 5.32 Å². The first-order chi connectivity index (χ1) is 8.38. The molecule has 1 aliphatic heterocycles. The van der Waals surface area contributed by atoms with E-state index in [1.807, 2.05) is 6.92 Å². The van der Waals surface area contributed by atoms with Crippen LogP contribution in [0.3, 0.4) is 0 Å². The minimum atomic E-state index is 0. The highest BCUT2D eigenvalue weighted by Gasteiger charge is 2.13. The molecule has 18 heavy (non-hydrogen) atoms. The highest BCUT2D eigenvalue weighted by molar-refractivity contribution is 14.0. The van der Waals surface area contributed by atoms with E-state index in [0.717, 1.165) is 65.0 Å². The minimum absolute atomic E-state index is 0. The van der Waals surface area contributed by atoms with Crippen molar-refractivity contribution in [1.82, 2.24) is 10.2 Å². The molecule has 0 amide bonds. The highest BCUT2D eigenvalue weighted by Crippen LogP contribution is 1.98. The van der Waals surface area contributed by atoms with Crippen LogP contribution in [0, 0.1) is 0 Å². The van der Waals surface area contributed by atoms with Crippen molar-refractivity contribution < 1.29 is 9.47 Å². The number of nitrogens with one attached hydrogen (secondary N) is 1. The van der Waals surface area contributed by atoms with E-state index in [-0.39, 0.29) is 24.0 Å². The molecule has 0 saturated carbocycles. The molecule has 1 fully saturated rings. The average Bonchev–Trinajstić information content (AvgIpc) is 2.38. The Hall–Kier alpha value is -0.0800. The third kappa shape index (κ3) is 7.38. The first-order valence-corrected chi connectivity index (χ1v) is 6.57. The lowest BCUT2D eigenvalue weighted by Crippen LogP contribution is -2.47. The molecule has 0 radical (unpaired) electrons. The predicted octanol–water partition coefficient (Wildman–Crippen LogP) is 1.33. The van der Waals surface area contributed by atoms with Gasteiger partial charge in [-0.05, 0) is 20.3 Å². The second kappa shape index (κ2) is 12.0. The largest absolute Gasteiger partial charge is 0.382 e. The Morgan fingerprint density at radius 2 is 2.06 bits per heavy atom. The van der Waals surface area contributed by atoms with E-state index >= 15 is 0 Å². The average molecular weight is 371 g/mol. The standard InChI is InChI=1S/C12H25N3O2.HI/c1-3-13-12(14-6-5-9-16-4-2)15-7-10-17-11-8-15;/h3-11H2,1-2H3,(H,13,14);1H. The Morgan fingerprint density at radius 1 is 1.33 bits per heavy atom. The van der Waals surface area contributed by atoms with E-state index in [1.165, 1.54) is 0 Å². The monoisotopic (exact) mass is 371 g/mol. The van der Waals surface area contributed by atoms with Crippen LogP contribution in [0.1, 0.15) is 20.3 Å². The van der Waals surface area contributed by atoms with Crippen molar-refractivity contribution in [2.45, 2.75) is 20.3 Å². The van der Waals surface area contributed by atoms with Crippen molar-refractivity contribution in [3.63, 3.8) is 0 Å². The lowest BCUT2D eigenvalue weighted by atomic mass is 10.4. The summed E-state index contributed by atoms with van der Waals surface area (Å²) < 4.78 is 10.6. The summed E-state index contributed by atoms with van der Waals surface area (Å²) in [6.45, 7) is 10.9. The first kappa shape index (κ1) is 17.9. The Kier molecular flexibility index (Phi) is 11.9. The summed E-state index contributed by atoms with van der Waals surface area (Å²) in [5.74, 6) is 1.01. The van der Waals surface area contributed by atoms with Gasteiger partial charge in [0, 0.05) is 39.4 Å². The van der Waals surface area contributed by atoms with Crippen LogP contribution in [-0.2, 0) is 9.47 Å². The molecule has 0 aromatic heterocycles. The van der Waals surface area contributed by atoms with Crippen molar-refractivity contribution in [2.24, 2.45) is 4.99 Å². The third-order valence-electron chi connectivity index (χ3n) is 2.56. The van der Waals surface area contributed by atoms with Gasteiger partial charge in [-0.2, -0.15) is 0 Å². The second-order valence-corrected chi connectivity index (χ2v) is 3.89. The van der Waals surface area contributed by atoms with Crippen molar-refractivity contribution in [3.05, 3.63) is 0 Å². The highest BCUT2D eigenvalue weighted by atomic mass is 127. The molecule has 0 spiro atoms. The molecule has 1 aliphatic rings. The number of hydrogen-bond acceptors (Lipinski definition) is 3. The fourth-order valence-corrected chi connectivity index (χ4v) is 1.70. The van der Waals surface area contributed by atoms with Crippen LogP contribution in [-0.4, -0.2) is 63.5 Å². The Morgan fingerprint density at radius 3 is 2.67 bits per heavy atom. The van der Waals surface area contributed by atoms with Crippen LogP contribution in [0.4, 0.5) is 0 Å². The summed E-state index contributed by atoms with van der Waals surface area (Å²) in [5, 5.41) is 3.32. The lowest BCUT2D eigenvalue weighted by Gasteiger charge is -2.30. The van der Waals surface area contributed by atoms with Gasteiger partial charge in [0.15, 0.2) is 5.96 Å². The topological polar surface area (TPSA) is 46.1 Å². The first-order valence-electron chi connectivity index (χ1n) is 6.57. The quantitative estimate of drug-likeness (QED) is 0.331. The molecule has 0 aliphatic carbocycles. The SMILES string of the molecule is CCNC(=NCCCOCC)N1CCOCC1.I. The number of ether oxygens (including phenoxy) is 2. The summed E-state index contributed by atoms with van der Waals surface area (Å²) in [6.07, 6.45) is 0.979. The molecule has 1 heterocycles. The van der Waals surface area contributed by atoms with Gasteiger partial charge >= 0.3 is 0 Å². The van der Waals surface area contributed by atoms with Crippen LogP contribution in [0.5, 0.6) is 0 Å². The maximum absolute atomic E-state index is 5.34. The molecule has 0 unspecified atom stereocenters. The number of morpholine rings is 1. The number of halogens is 1. The van der Waals surface area contributed by atoms with Crippen molar-refractivity contribution >= 4 is 29.9 Å². The number of rotatable bonds is 6. The molecular formula is C12H26IN3O2. The van der Waals surface area contributed by atoms with E-state index < -0.39 is 0 Å². The molecule has 1 saturated heterocycles. The molecule has 0 bridgehead atoms. The van der Waals surface area contributed by atoms with Crippen LogP contribution >= 0.6 is 24.0 Å². The zero-order valence-electron chi connectivity index (χ0n) is 11.5. The third-order valence-corrected chi connectivity index (χ3v) is 2.56. The van der Waals surface area contributed by atoms with E-state index in [9.17, 15) is 0 Å². The van der Waals surface area contributed by atoms with E-state index in [4.69, 9.17) is 9.47 Å². The molecule has 0 aromatic rings. The zero-order valence-corrected chi connectivity index (χ0v) is 13.8. The maximum Gasteiger partial charge on any atom is 0.194 e. The van der Waals surface area contributed by atoms with Crippen molar-refractivity contribution in [3.8, 4) is 0 Å². The minimum Gasteiger partial charge on any atom is -0.382 e. The van der Waals surface area contributed by atoms with E-state index in [0.29, 0.717) is 0 Å². The Labute approximate surface area is 127 Å². The summed E-state index contributed by atoms with van der Waals surface area (Å²) in [4.78, 5) is 6.86. The van der Waals surface area contributed by atoms with Gasteiger partial charge in [0.2, 0.25) is 0 Å². The molecule has 0 aromatic carbocycles. The molecular weight excluding hydrogens is 345 g/mol. The smallest absolute Gasteiger partial charge is 0.194 e. The predicted molar refractivity (Wildman–Crippen MR) is 84.9 cm³/mol. The van der Waals surface area contributed by atoms with Crippen LogP contribution in [0.2, 0.25) is 0 Å². The van der Waals surface area contributed by atoms with Gasteiger partial charge in [-0.15, -0.1) is 24.0 Å². The van der Waals surface area contributed by atoms with Gasteiger partial charge in [-0.1, -0.05) is 0 Å². The van der Waals surface area contributed by atoms with Crippen LogP contribution in [0.25, 0.3) is 0 Å². The number of hydrogen-bond donors (Lipinski definition) is 1. The number of aliphatic imine (C=N–C) groups is 1. The molecule has 0 atom stereocenters. The molecule has 1 N–H and O–H groups in total. The van der Waals surface area contributed by atoms with Gasteiger partial charge in [0.25, 0.3) is 0 Å². The fourth-order valence-electron chi connectivity index (χ4n) is 1.70. The summed E-state index contributed by atoms with van der Waals surface area (Å²) >= 11 is 0. The fraction of sp³-hybridized carbons (Fsp3) is 0.917. The van der Waals surface area contributed by atoms with Gasteiger partial charge in [-0.3, -0.25) is 4.99 Å². The van der Waals surface area contributed by atoms with Gasteiger partial charge in [0.1, 0.15) is 0 Å². The summed E-state index contributed by atoms with van der Waals surface area (Å²) in [5.41, 5.74) is 0. The molecule has 1 rings (SSSR count). The Bertz CT molecular complexity index is 221. The van der Waals surface area contributed by atoms with Crippen molar-refractivity contribution in [2.75, 3.05) is 52.6 Å². The normalized spacial score (nSPS) is 16.3. The number of nitrogens with zero attached hydrogens (tertiary/aromatic N) is 2.